The zero-order chi connectivity index (χ0) is 13.8. The molecule has 1 aromatic heterocycles. The monoisotopic (exact) mass is 261 g/mol. The maximum absolute atomic E-state index is 11.0. The minimum atomic E-state index is -0.904. The van der Waals surface area contributed by atoms with E-state index in [1.54, 1.807) is 24.5 Å². The van der Waals surface area contributed by atoms with E-state index in [9.17, 15) is 4.79 Å². The van der Waals surface area contributed by atoms with Crippen LogP contribution >= 0.6 is 0 Å². The predicted molar refractivity (Wildman–Crippen MR) is 74.5 cm³/mol. The van der Waals surface area contributed by atoms with E-state index in [4.69, 9.17) is 5.11 Å². The van der Waals surface area contributed by atoms with Gasteiger partial charge in [0.25, 0.3) is 0 Å². The Bertz CT molecular complexity index is 573. The van der Waals surface area contributed by atoms with Crippen LogP contribution in [0.5, 0.6) is 0 Å². The molecule has 19 heavy (non-hydrogen) atoms. The number of aromatic carboxylic acids is 1. The van der Waals surface area contributed by atoms with E-state index in [2.05, 4.69) is 23.7 Å². The zero-order valence-corrected chi connectivity index (χ0v) is 11.3. The van der Waals surface area contributed by atoms with Gasteiger partial charge in [-0.3, -0.25) is 0 Å². The average Bonchev–Trinajstić information content (AvgIpc) is 2.82. The van der Waals surface area contributed by atoms with Crippen LogP contribution in [0.25, 0.3) is 11.0 Å². The summed E-state index contributed by atoms with van der Waals surface area (Å²) in [4.78, 5) is 17.6. The highest BCUT2D eigenvalue weighted by atomic mass is 16.4. The Morgan fingerprint density at radius 2 is 2.11 bits per heavy atom. The summed E-state index contributed by atoms with van der Waals surface area (Å²) in [6, 6.07) is 5.03. The summed E-state index contributed by atoms with van der Waals surface area (Å²) in [6.07, 6.45) is 1.78. The lowest BCUT2D eigenvalue weighted by Gasteiger charge is -2.18. The van der Waals surface area contributed by atoms with Gasteiger partial charge in [-0.05, 0) is 31.3 Å². The Balaban J connectivity index is 2.23. The van der Waals surface area contributed by atoms with Gasteiger partial charge in [0.15, 0.2) is 0 Å². The highest BCUT2D eigenvalue weighted by Crippen LogP contribution is 2.15. The SMILES string of the molecule is CCN(CC)CCn1cnc2ccc(C(=O)O)cc21. The van der Waals surface area contributed by atoms with Gasteiger partial charge in [-0.2, -0.15) is 0 Å². The van der Waals surface area contributed by atoms with Crippen molar-refractivity contribution in [1.82, 2.24) is 14.5 Å². The molecule has 0 amide bonds. The molecule has 1 heterocycles. The summed E-state index contributed by atoms with van der Waals surface area (Å²) in [6.45, 7) is 8.07. The number of carboxylic acids is 1. The summed E-state index contributed by atoms with van der Waals surface area (Å²) >= 11 is 0. The van der Waals surface area contributed by atoms with Crippen LogP contribution in [0.1, 0.15) is 24.2 Å². The molecule has 0 aliphatic heterocycles. The summed E-state index contributed by atoms with van der Waals surface area (Å²) in [7, 11) is 0. The highest BCUT2D eigenvalue weighted by Gasteiger charge is 2.08. The van der Waals surface area contributed by atoms with Gasteiger partial charge in [-0.25, -0.2) is 9.78 Å². The number of likely N-dealkylation sites (N-methyl/N-ethyl adjacent to an activating group) is 1. The average molecular weight is 261 g/mol. The van der Waals surface area contributed by atoms with Crippen molar-refractivity contribution in [2.45, 2.75) is 20.4 Å². The fourth-order valence-electron chi connectivity index (χ4n) is 2.16. The first-order chi connectivity index (χ1) is 9.15. The molecular weight excluding hydrogens is 242 g/mol. The predicted octanol–water partition coefficient (Wildman–Crippen LogP) is 2.08. The number of hydrogen-bond donors (Lipinski definition) is 1. The molecule has 0 atom stereocenters. The number of aromatic nitrogens is 2. The lowest BCUT2D eigenvalue weighted by atomic mass is 10.2. The molecule has 0 saturated carbocycles. The van der Waals surface area contributed by atoms with Crippen molar-refractivity contribution >= 4 is 17.0 Å². The Morgan fingerprint density at radius 3 is 2.74 bits per heavy atom. The Kier molecular flexibility index (Phi) is 4.16. The molecule has 0 fully saturated rings. The van der Waals surface area contributed by atoms with Crippen molar-refractivity contribution < 1.29 is 9.90 Å². The molecule has 2 rings (SSSR count). The molecule has 1 N–H and O–H groups in total. The summed E-state index contributed by atoms with van der Waals surface area (Å²) < 4.78 is 2.01. The van der Waals surface area contributed by atoms with Crippen LogP contribution in [0.3, 0.4) is 0 Å². The maximum Gasteiger partial charge on any atom is 0.335 e. The summed E-state index contributed by atoms with van der Waals surface area (Å²) in [5.41, 5.74) is 2.02. The molecule has 0 bridgehead atoms. The van der Waals surface area contributed by atoms with Gasteiger partial charge < -0.3 is 14.6 Å². The van der Waals surface area contributed by atoms with Gasteiger partial charge in [-0.15, -0.1) is 0 Å². The van der Waals surface area contributed by atoms with Crippen molar-refractivity contribution in [1.29, 1.82) is 0 Å². The van der Waals surface area contributed by atoms with Gasteiger partial charge in [0.2, 0.25) is 0 Å². The molecular formula is C14H19N3O2. The van der Waals surface area contributed by atoms with Crippen molar-refractivity contribution in [3.63, 3.8) is 0 Å². The van der Waals surface area contributed by atoms with Crippen LogP contribution in [0, 0.1) is 0 Å². The number of imidazole rings is 1. The first kappa shape index (κ1) is 13.5. The van der Waals surface area contributed by atoms with E-state index in [-0.39, 0.29) is 0 Å². The second kappa shape index (κ2) is 5.84. The van der Waals surface area contributed by atoms with E-state index in [1.165, 1.54) is 0 Å². The number of hydrogen-bond acceptors (Lipinski definition) is 3. The zero-order valence-electron chi connectivity index (χ0n) is 11.3. The van der Waals surface area contributed by atoms with Crippen LogP contribution < -0.4 is 0 Å². The molecule has 5 nitrogen and oxygen atoms in total. The Morgan fingerprint density at radius 1 is 1.37 bits per heavy atom. The van der Waals surface area contributed by atoms with Crippen LogP contribution in [0.4, 0.5) is 0 Å². The summed E-state index contributed by atoms with van der Waals surface area (Å²) in [5, 5.41) is 9.03. The first-order valence-corrected chi connectivity index (χ1v) is 6.56. The fourth-order valence-corrected chi connectivity index (χ4v) is 2.16. The molecule has 0 spiro atoms. The van der Waals surface area contributed by atoms with Gasteiger partial charge in [0.05, 0.1) is 22.9 Å². The first-order valence-electron chi connectivity index (χ1n) is 6.56. The molecule has 0 radical (unpaired) electrons. The van der Waals surface area contributed by atoms with Crippen LogP contribution in [0.2, 0.25) is 0 Å². The molecule has 0 aliphatic carbocycles. The van der Waals surface area contributed by atoms with Gasteiger partial charge >= 0.3 is 5.97 Å². The van der Waals surface area contributed by atoms with E-state index >= 15 is 0 Å². The normalized spacial score (nSPS) is 11.3. The number of benzene rings is 1. The molecule has 0 unspecified atom stereocenters. The highest BCUT2D eigenvalue weighted by molar-refractivity contribution is 5.92. The third-order valence-electron chi connectivity index (χ3n) is 3.42. The Hall–Kier alpha value is -1.88. The summed E-state index contributed by atoms with van der Waals surface area (Å²) in [5.74, 6) is -0.904. The number of rotatable bonds is 6. The molecule has 1 aromatic carbocycles. The van der Waals surface area contributed by atoms with Gasteiger partial charge in [0, 0.05) is 13.1 Å². The van der Waals surface area contributed by atoms with E-state index in [0.717, 1.165) is 37.2 Å². The second-order valence-corrected chi connectivity index (χ2v) is 4.47. The number of carboxylic acid groups (broad SMARTS) is 1. The number of fused-ring (bicyclic) bond motifs is 1. The third-order valence-corrected chi connectivity index (χ3v) is 3.42. The van der Waals surface area contributed by atoms with Crippen molar-refractivity contribution in [3.8, 4) is 0 Å². The van der Waals surface area contributed by atoms with Crippen LogP contribution in [-0.2, 0) is 6.54 Å². The second-order valence-electron chi connectivity index (χ2n) is 4.47. The fraction of sp³-hybridized carbons (Fsp3) is 0.429. The van der Waals surface area contributed by atoms with E-state index in [1.807, 2.05) is 4.57 Å². The molecule has 2 aromatic rings. The van der Waals surface area contributed by atoms with Gasteiger partial charge in [0.1, 0.15) is 0 Å². The molecule has 0 aliphatic rings. The minimum Gasteiger partial charge on any atom is -0.478 e. The largest absolute Gasteiger partial charge is 0.478 e. The quantitative estimate of drug-likeness (QED) is 0.865. The molecule has 102 valence electrons. The Labute approximate surface area is 112 Å². The minimum absolute atomic E-state index is 0.303. The number of carbonyl (C=O) groups is 1. The lowest BCUT2D eigenvalue weighted by Crippen LogP contribution is -2.26. The number of nitrogens with zero attached hydrogens (tertiary/aromatic N) is 3. The maximum atomic E-state index is 11.0. The smallest absolute Gasteiger partial charge is 0.335 e. The third kappa shape index (κ3) is 2.93. The van der Waals surface area contributed by atoms with Crippen molar-refractivity contribution in [2.24, 2.45) is 0 Å². The van der Waals surface area contributed by atoms with Crippen molar-refractivity contribution in [2.75, 3.05) is 19.6 Å². The molecule has 0 saturated heterocycles. The van der Waals surface area contributed by atoms with Crippen LogP contribution in [0.15, 0.2) is 24.5 Å². The van der Waals surface area contributed by atoms with E-state index in [0.29, 0.717) is 5.56 Å². The van der Waals surface area contributed by atoms with Gasteiger partial charge in [-0.1, -0.05) is 13.8 Å². The van der Waals surface area contributed by atoms with E-state index < -0.39 is 5.97 Å². The standard InChI is InChI=1S/C14H19N3O2/c1-3-16(4-2)7-8-17-10-15-12-6-5-11(14(18)19)9-13(12)17/h5-6,9-10H,3-4,7-8H2,1-2H3,(H,18,19). The topological polar surface area (TPSA) is 58.4 Å². The van der Waals surface area contributed by atoms with Crippen LogP contribution in [-0.4, -0.2) is 45.2 Å². The van der Waals surface area contributed by atoms with Crippen molar-refractivity contribution in [3.05, 3.63) is 30.1 Å². The molecule has 5 heteroatoms. The lowest BCUT2D eigenvalue weighted by molar-refractivity contribution is 0.0697.